The van der Waals surface area contributed by atoms with Crippen molar-refractivity contribution in [2.75, 3.05) is 13.1 Å². The zero-order valence-corrected chi connectivity index (χ0v) is 12.9. The summed E-state index contributed by atoms with van der Waals surface area (Å²) in [4.78, 5) is 4.04. The number of rotatable bonds is 3. The average molecular weight is 317 g/mol. The highest BCUT2D eigenvalue weighted by Gasteiger charge is 2.25. The first kappa shape index (κ1) is 13.5. The van der Waals surface area contributed by atoms with E-state index in [1.54, 1.807) is 0 Å². The van der Waals surface area contributed by atoms with Crippen molar-refractivity contribution in [1.82, 2.24) is 4.90 Å². The molecule has 1 fully saturated rings. The molecule has 1 aromatic heterocycles. The van der Waals surface area contributed by atoms with Gasteiger partial charge in [0.25, 0.3) is 0 Å². The predicted octanol–water partition coefficient (Wildman–Crippen LogP) is 3.63. The molecule has 1 aliphatic rings. The Balaban J connectivity index is 1.92. The van der Waals surface area contributed by atoms with Crippen LogP contribution in [-0.2, 0) is 0 Å². The Bertz CT molecular complexity index is 356. The highest BCUT2D eigenvalue weighted by Crippen LogP contribution is 2.32. The molecule has 0 aromatic carbocycles. The molecule has 0 saturated carbocycles. The molecule has 0 spiro atoms. The lowest BCUT2D eigenvalue weighted by molar-refractivity contribution is 0.134. The second-order valence-corrected chi connectivity index (χ2v) is 6.93. The summed E-state index contributed by atoms with van der Waals surface area (Å²) in [7, 11) is 0. The van der Waals surface area contributed by atoms with Gasteiger partial charge in [0.2, 0.25) is 0 Å². The van der Waals surface area contributed by atoms with Gasteiger partial charge in [-0.3, -0.25) is 4.90 Å². The first-order chi connectivity index (χ1) is 8.08. The van der Waals surface area contributed by atoms with Gasteiger partial charge in [0.1, 0.15) is 0 Å². The van der Waals surface area contributed by atoms with Crippen molar-refractivity contribution in [1.29, 1.82) is 0 Å². The van der Waals surface area contributed by atoms with Gasteiger partial charge < -0.3 is 5.73 Å². The van der Waals surface area contributed by atoms with Crippen LogP contribution in [0.5, 0.6) is 0 Å². The standard InChI is InChI=1S/C13H21BrN2S/c1-9(15)11-3-5-16(6-4-11)10(2)13-7-12(14)8-17-13/h7-11H,3-6,15H2,1-2H3. The van der Waals surface area contributed by atoms with Crippen molar-refractivity contribution in [3.8, 4) is 0 Å². The van der Waals surface area contributed by atoms with E-state index < -0.39 is 0 Å². The largest absolute Gasteiger partial charge is 0.328 e. The highest BCUT2D eigenvalue weighted by atomic mass is 79.9. The van der Waals surface area contributed by atoms with Crippen molar-refractivity contribution in [3.63, 3.8) is 0 Å². The number of piperidine rings is 1. The van der Waals surface area contributed by atoms with Crippen LogP contribution in [-0.4, -0.2) is 24.0 Å². The Kier molecular flexibility index (Phi) is 4.64. The fourth-order valence-electron chi connectivity index (χ4n) is 2.56. The number of hydrogen-bond donors (Lipinski definition) is 1. The lowest BCUT2D eigenvalue weighted by atomic mass is 9.90. The lowest BCUT2D eigenvalue weighted by Gasteiger charge is -2.37. The minimum absolute atomic E-state index is 0.350. The third kappa shape index (κ3) is 3.31. The number of halogens is 1. The molecular formula is C13H21BrN2S. The van der Waals surface area contributed by atoms with E-state index in [0.717, 1.165) is 0 Å². The first-order valence-corrected chi connectivity index (χ1v) is 7.98. The molecule has 96 valence electrons. The van der Waals surface area contributed by atoms with Crippen molar-refractivity contribution in [2.45, 2.75) is 38.8 Å². The monoisotopic (exact) mass is 316 g/mol. The highest BCUT2D eigenvalue weighted by molar-refractivity contribution is 9.10. The van der Waals surface area contributed by atoms with Crippen LogP contribution in [0.15, 0.2) is 15.9 Å². The molecular weight excluding hydrogens is 296 g/mol. The average Bonchev–Trinajstić information content (AvgIpc) is 2.75. The summed E-state index contributed by atoms with van der Waals surface area (Å²) < 4.78 is 1.20. The fraction of sp³-hybridized carbons (Fsp3) is 0.692. The minimum atomic E-state index is 0.350. The SMILES string of the molecule is CC(N)C1CCN(C(C)c2cc(Br)cs2)CC1. The Labute approximate surface area is 116 Å². The molecule has 0 amide bonds. The van der Waals surface area contributed by atoms with Crippen molar-refractivity contribution < 1.29 is 0 Å². The maximum absolute atomic E-state index is 5.98. The summed E-state index contributed by atoms with van der Waals surface area (Å²) >= 11 is 5.37. The summed E-state index contributed by atoms with van der Waals surface area (Å²) in [6.45, 7) is 6.82. The zero-order valence-electron chi connectivity index (χ0n) is 10.5. The van der Waals surface area contributed by atoms with Gasteiger partial charge in [-0.25, -0.2) is 0 Å². The molecule has 0 bridgehead atoms. The van der Waals surface area contributed by atoms with Crippen molar-refractivity contribution >= 4 is 27.3 Å². The van der Waals surface area contributed by atoms with E-state index in [1.165, 1.54) is 35.3 Å². The number of hydrogen-bond acceptors (Lipinski definition) is 3. The molecule has 1 aromatic rings. The molecule has 2 nitrogen and oxygen atoms in total. The van der Waals surface area contributed by atoms with E-state index in [4.69, 9.17) is 5.73 Å². The number of thiophene rings is 1. The number of likely N-dealkylation sites (tertiary alicyclic amines) is 1. The van der Waals surface area contributed by atoms with Gasteiger partial charge in [-0.2, -0.15) is 0 Å². The Hall–Kier alpha value is 0.1000. The summed E-state index contributed by atoms with van der Waals surface area (Å²) in [6.07, 6.45) is 2.49. The smallest absolute Gasteiger partial charge is 0.0413 e. The first-order valence-electron chi connectivity index (χ1n) is 6.31. The van der Waals surface area contributed by atoms with Crippen molar-refractivity contribution in [2.24, 2.45) is 11.7 Å². The van der Waals surface area contributed by atoms with Crippen LogP contribution in [0.4, 0.5) is 0 Å². The predicted molar refractivity (Wildman–Crippen MR) is 78.4 cm³/mol. The zero-order chi connectivity index (χ0) is 12.4. The van der Waals surface area contributed by atoms with E-state index in [-0.39, 0.29) is 0 Å². The maximum Gasteiger partial charge on any atom is 0.0413 e. The molecule has 2 unspecified atom stereocenters. The second kappa shape index (κ2) is 5.83. The molecule has 17 heavy (non-hydrogen) atoms. The van der Waals surface area contributed by atoms with Crippen LogP contribution in [0.2, 0.25) is 0 Å². The van der Waals surface area contributed by atoms with Crippen LogP contribution in [0, 0.1) is 5.92 Å². The molecule has 1 saturated heterocycles. The van der Waals surface area contributed by atoms with E-state index in [2.05, 4.69) is 46.1 Å². The fourth-order valence-corrected chi connectivity index (χ4v) is 4.10. The van der Waals surface area contributed by atoms with Gasteiger partial charge in [-0.15, -0.1) is 11.3 Å². The van der Waals surface area contributed by atoms with Crippen LogP contribution in [0.25, 0.3) is 0 Å². The third-order valence-corrected chi connectivity index (χ3v) is 5.73. The maximum atomic E-state index is 5.98. The van der Waals surface area contributed by atoms with Crippen LogP contribution in [0.3, 0.4) is 0 Å². The normalized spacial score (nSPS) is 22.6. The van der Waals surface area contributed by atoms with Gasteiger partial charge >= 0.3 is 0 Å². The Morgan fingerprint density at radius 2 is 2.06 bits per heavy atom. The second-order valence-electron chi connectivity index (χ2n) is 5.08. The molecule has 1 aliphatic heterocycles. The molecule has 2 atom stereocenters. The van der Waals surface area contributed by atoms with Crippen molar-refractivity contribution in [3.05, 3.63) is 20.8 Å². The molecule has 2 N–H and O–H groups in total. The van der Waals surface area contributed by atoms with Crippen LogP contribution < -0.4 is 5.73 Å². The Morgan fingerprint density at radius 3 is 2.53 bits per heavy atom. The number of nitrogens with zero attached hydrogens (tertiary/aromatic N) is 1. The third-order valence-electron chi connectivity index (χ3n) is 3.86. The number of nitrogens with two attached hydrogens (primary N) is 1. The molecule has 2 heterocycles. The topological polar surface area (TPSA) is 29.3 Å². The van der Waals surface area contributed by atoms with E-state index in [0.29, 0.717) is 18.0 Å². The van der Waals surface area contributed by atoms with Gasteiger partial charge in [-0.05, 0) is 67.7 Å². The molecule has 2 rings (SSSR count). The molecule has 0 aliphatic carbocycles. The summed E-state index contributed by atoms with van der Waals surface area (Å²) in [6, 6.07) is 3.14. The van der Waals surface area contributed by atoms with E-state index >= 15 is 0 Å². The van der Waals surface area contributed by atoms with Crippen LogP contribution >= 0.6 is 27.3 Å². The Morgan fingerprint density at radius 1 is 1.41 bits per heavy atom. The molecule has 4 heteroatoms. The lowest BCUT2D eigenvalue weighted by Crippen LogP contribution is -2.40. The quantitative estimate of drug-likeness (QED) is 0.922. The van der Waals surface area contributed by atoms with E-state index in [1.807, 2.05) is 11.3 Å². The summed E-state index contributed by atoms with van der Waals surface area (Å²) in [5.74, 6) is 0.716. The molecule has 0 radical (unpaired) electrons. The van der Waals surface area contributed by atoms with Gasteiger partial charge in [0, 0.05) is 26.8 Å². The van der Waals surface area contributed by atoms with Gasteiger partial charge in [0.05, 0.1) is 0 Å². The van der Waals surface area contributed by atoms with Gasteiger partial charge in [0.15, 0.2) is 0 Å². The summed E-state index contributed by atoms with van der Waals surface area (Å²) in [5.41, 5.74) is 5.98. The van der Waals surface area contributed by atoms with E-state index in [9.17, 15) is 0 Å². The van der Waals surface area contributed by atoms with Crippen LogP contribution in [0.1, 0.15) is 37.6 Å². The minimum Gasteiger partial charge on any atom is -0.328 e. The summed E-state index contributed by atoms with van der Waals surface area (Å²) in [5, 5.41) is 2.17. The van der Waals surface area contributed by atoms with Gasteiger partial charge in [-0.1, -0.05) is 0 Å².